The molecular weight excluding hydrogens is 496 g/mol. The highest BCUT2D eigenvalue weighted by Gasteiger charge is 2.45. The molecule has 2 atom stereocenters. The standard InChI is InChI=1S/C39H32N2/c1-39(2)32-18-8-12-22-37(32)41(38-23-13-9-19-33(38)39)34-20-10-6-16-29(34)27-24-25-36-31(26-27)30-17-7-11-21-35(30)40(36)28-14-4-3-5-15-28/h3-26,32,37H,1-2H3. The van der Waals surface area contributed by atoms with Gasteiger partial charge < -0.3 is 9.47 Å². The minimum Gasteiger partial charge on any atom is -0.333 e. The lowest BCUT2D eigenvalue weighted by molar-refractivity contribution is 0.332. The Morgan fingerprint density at radius 3 is 2.15 bits per heavy atom. The molecule has 5 aromatic carbocycles. The van der Waals surface area contributed by atoms with Crippen molar-refractivity contribution in [3.8, 4) is 16.8 Å². The lowest BCUT2D eigenvalue weighted by Crippen LogP contribution is -2.49. The van der Waals surface area contributed by atoms with Gasteiger partial charge in [0.2, 0.25) is 0 Å². The quantitative estimate of drug-likeness (QED) is 0.222. The van der Waals surface area contributed by atoms with Crippen molar-refractivity contribution in [2.24, 2.45) is 5.92 Å². The van der Waals surface area contributed by atoms with Crippen LogP contribution in [0.15, 0.2) is 146 Å². The van der Waals surface area contributed by atoms with Crippen molar-refractivity contribution in [2.75, 3.05) is 4.90 Å². The topological polar surface area (TPSA) is 8.17 Å². The molecule has 1 aromatic heterocycles. The summed E-state index contributed by atoms with van der Waals surface area (Å²) in [5, 5.41) is 2.55. The Morgan fingerprint density at radius 1 is 0.585 bits per heavy atom. The summed E-state index contributed by atoms with van der Waals surface area (Å²) in [7, 11) is 0. The van der Waals surface area contributed by atoms with Crippen molar-refractivity contribution < 1.29 is 0 Å². The Morgan fingerprint density at radius 2 is 1.27 bits per heavy atom. The van der Waals surface area contributed by atoms with E-state index in [0.717, 1.165) is 0 Å². The van der Waals surface area contributed by atoms with Crippen LogP contribution in [0.25, 0.3) is 38.6 Å². The number of nitrogens with zero attached hydrogens (tertiary/aromatic N) is 2. The lowest BCUT2D eigenvalue weighted by atomic mass is 9.65. The summed E-state index contributed by atoms with van der Waals surface area (Å²) in [5.74, 6) is 0.377. The van der Waals surface area contributed by atoms with E-state index < -0.39 is 0 Å². The molecule has 6 aromatic rings. The number of allylic oxidation sites excluding steroid dienone is 2. The second-order valence-corrected chi connectivity index (χ2v) is 11.8. The molecule has 0 spiro atoms. The van der Waals surface area contributed by atoms with Gasteiger partial charge in [0.15, 0.2) is 0 Å². The molecule has 8 rings (SSSR count). The number of aromatic nitrogens is 1. The Kier molecular flexibility index (Phi) is 5.33. The first kappa shape index (κ1) is 24.0. The van der Waals surface area contributed by atoms with Crippen molar-refractivity contribution in [1.82, 2.24) is 4.57 Å². The monoisotopic (exact) mass is 528 g/mol. The van der Waals surface area contributed by atoms with E-state index in [1.807, 2.05) is 0 Å². The first-order valence-electron chi connectivity index (χ1n) is 14.5. The summed E-state index contributed by atoms with van der Waals surface area (Å²) in [5.41, 5.74) is 10.1. The van der Waals surface area contributed by atoms with Crippen LogP contribution in [-0.4, -0.2) is 10.6 Å². The van der Waals surface area contributed by atoms with E-state index in [-0.39, 0.29) is 11.5 Å². The summed E-state index contributed by atoms with van der Waals surface area (Å²) in [6, 6.07) is 44.6. The molecule has 2 unspecified atom stereocenters. The highest BCUT2D eigenvalue weighted by molar-refractivity contribution is 6.10. The SMILES string of the molecule is CC1(C)c2ccccc2N(c2ccccc2-c2ccc3c(c2)c2ccccc2n3-c2ccccc2)C2C=CC=CC21. The molecule has 0 N–H and O–H groups in total. The zero-order valence-electron chi connectivity index (χ0n) is 23.4. The second-order valence-electron chi connectivity index (χ2n) is 11.8. The number of para-hydroxylation sites is 4. The van der Waals surface area contributed by atoms with Crippen LogP contribution in [-0.2, 0) is 5.41 Å². The molecule has 0 saturated carbocycles. The van der Waals surface area contributed by atoms with E-state index in [1.54, 1.807) is 0 Å². The van der Waals surface area contributed by atoms with Crippen molar-refractivity contribution in [1.29, 1.82) is 0 Å². The van der Waals surface area contributed by atoms with Gasteiger partial charge in [-0.2, -0.15) is 0 Å². The van der Waals surface area contributed by atoms with Crippen LogP contribution in [0, 0.1) is 5.92 Å². The van der Waals surface area contributed by atoms with Gasteiger partial charge in [0.25, 0.3) is 0 Å². The summed E-state index contributed by atoms with van der Waals surface area (Å²) in [6.07, 6.45) is 9.22. The number of hydrogen-bond acceptors (Lipinski definition) is 1. The Labute approximate surface area is 241 Å². The van der Waals surface area contributed by atoms with Crippen LogP contribution in [0.3, 0.4) is 0 Å². The number of benzene rings is 5. The molecule has 2 aliphatic rings. The van der Waals surface area contributed by atoms with Crippen LogP contribution in [0.5, 0.6) is 0 Å². The third-order valence-corrected chi connectivity index (χ3v) is 9.26. The predicted molar refractivity (Wildman–Crippen MR) is 173 cm³/mol. The predicted octanol–water partition coefficient (Wildman–Crippen LogP) is 9.99. The smallest absolute Gasteiger partial charge is 0.0596 e. The summed E-state index contributed by atoms with van der Waals surface area (Å²) < 4.78 is 2.38. The largest absolute Gasteiger partial charge is 0.333 e. The van der Waals surface area contributed by atoms with Crippen molar-refractivity contribution in [2.45, 2.75) is 25.3 Å². The minimum absolute atomic E-state index is 0.0339. The first-order chi connectivity index (χ1) is 20.1. The fraction of sp³-hybridized carbons (Fsp3) is 0.128. The molecule has 41 heavy (non-hydrogen) atoms. The van der Waals surface area contributed by atoms with Crippen molar-refractivity contribution in [3.63, 3.8) is 0 Å². The van der Waals surface area contributed by atoms with E-state index in [2.05, 4.69) is 169 Å². The first-order valence-corrected chi connectivity index (χ1v) is 14.5. The molecule has 0 radical (unpaired) electrons. The zero-order chi connectivity index (χ0) is 27.6. The molecule has 0 fully saturated rings. The van der Waals surface area contributed by atoms with E-state index in [1.165, 1.54) is 55.6 Å². The minimum atomic E-state index is 0.0339. The molecule has 0 saturated heterocycles. The van der Waals surface area contributed by atoms with Gasteiger partial charge >= 0.3 is 0 Å². The van der Waals surface area contributed by atoms with Gasteiger partial charge in [-0.1, -0.05) is 117 Å². The van der Waals surface area contributed by atoms with Gasteiger partial charge in [-0.25, -0.2) is 0 Å². The maximum atomic E-state index is 2.58. The van der Waals surface area contributed by atoms with Crippen LogP contribution < -0.4 is 4.90 Å². The van der Waals surface area contributed by atoms with Crippen LogP contribution >= 0.6 is 0 Å². The fourth-order valence-electron chi connectivity index (χ4n) is 7.29. The maximum Gasteiger partial charge on any atom is 0.0596 e. The maximum absolute atomic E-state index is 2.58. The molecule has 0 bridgehead atoms. The number of fused-ring (bicyclic) bond motifs is 5. The van der Waals surface area contributed by atoms with Gasteiger partial charge in [0.1, 0.15) is 0 Å². The number of hydrogen-bond donors (Lipinski definition) is 0. The van der Waals surface area contributed by atoms with E-state index >= 15 is 0 Å². The highest BCUT2D eigenvalue weighted by Crippen LogP contribution is 2.52. The van der Waals surface area contributed by atoms with Gasteiger partial charge in [0, 0.05) is 44.7 Å². The number of anilines is 2. The summed E-state index contributed by atoms with van der Waals surface area (Å²) in [6.45, 7) is 4.79. The summed E-state index contributed by atoms with van der Waals surface area (Å²) in [4.78, 5) is 2.58. The van der Waals surface area contributed by atoms with E-state index in [9.17, 15) is 0 Å². The van der Waals surface area contributed by atoms with Gasteiger partial charge in [-0.3, -0.25) is 0 Å². The van der Waals surface area contributed by atoms with Gasteiger partial charge in [0.05, 0.1) is 17.1 Å². The normalized spacial score (nSPS) is 18.9. The molecular formula is C39H32N2. The molecule has 2 heteroatoms. The number of rotatable bonds is 3. The molecule has 2 heterocycles. The molecule has 0 amide bonds. The average Bonchev–Trinajstić information content (AvgIpc) is 3.36. The third-order valence-electron chi connectivity index (χ3n) is 9.26. The third kappa shape index (κ3) is 3.57. The highest BCUT2D eigenvalue weighted by atomic mass is 15.2. The van der Waals surface area contributed by atoms with Gasteiger partial charge in [-0.15, -0.1) is 0 Å². The van der Waals surface area contributed by atoms with Crippen molar-refractivity contribution in [3.05, 3.63) is 151 Å². The molecule has 198 valence electrons. The van der Waals surface area contributed by atoms with Crippen LogP contribution in [0.2, 0.25) is 0 Å². The molecule has 1 aliphatic carbocycles. The van der Waals surface area contributed by atoms with E-state index in [0.29, 0.717) is 5.92 Å². The van der Waals surface area contributed by atoms with E-state index in [4.69, 9.17) is 0 Å². The van der Waals surface area contributed by atoms with Crippen LogP contribution in [0.4, 0.5) is 11.4 Å². The van der Waals surface area contributed by atoms with Crippen LogP contribution in [0.1, 0.15) is 19.4 Å². The average molecular weight is 529 g/mol. The molecule has 2 nitrogen and oxygen atoms in total. The summed E-state index contributed by atoms with van der Waals surface area (Å²) >= 11 is 0. The lowest BCUT2D eigenvalue weighted by Gasteiger charge is -2.51. The zero-order valence-corrected chi connectivity index (χ0v) is 23.4. The second kappa shape index (κ2) is 9.11. The molecule has 1 aliphatic heterocycles. The Hall–Kier alpha value is -4.82. The Bertz CT molecular complexity index is 1990. The van der Waals surface area contributed by atoms with Crippen molar-refractivity contribution >= 4 is 33.2 Å². The fourth-order valence-corrected chi connectivity index (χ4v) is 7.29. The Balaban J connectivity index is 1.35. The van der Waals surface area contributed by atoms with Gasteiger partial charge in [-0.05, 0) is 53.6 Å².